The molecule has 2 aliphatic heterocycles. The van der Waals surface area contributed by atoms with Crippen LogP contribution in [0.1, 0.15) is 44.7 Å². The molecule has 0 bridgehead atoms. The first-order valence-corrected chi connectivity index (χ1v) is 12.3. The molecule has 0 spiro atoms. The number of likely N-dealkylation sites (tertiary alicyclic amines) is 1. The molecular formula is C25H42N6O. The molecule has 3 rings (SSSR count). The zero-order valence-electron chi connectivity index (χ0n) is 20.5. The first-order valence-electron chi connectivity index (χ1n) is 12.3. The summed E-state index contributed by atoms with van der Waals surface area (Å²) >= 11 is 0. The number of amides is 1. The molecule has 7 nitrogen and oxygen atoms in total. The van der Waals surface area contributed by atoms with Gasteiger partial charge in [-0.2, -0.15) is 0 Å². The fraction of sp³-hybridized carbons (Fsp3) is 0.680. The monoisotopic (exact) mass is 442 g/mol. The van der Waals surface area contributed by atoms with Gasteiger partial charge in [-0.05, 0) is 44.0 Å². The minimum atomic E-state index is -0.0304. The second-order valence-corrected chi connectivity index (χ2v) is 8.86. The highest BCUT2D eigenvalue weighted by Crippen LogP contribution is 2.15. The van der Waals surface area contributed by atoms with E-state index >= 15 is 0 Å². The summed E-state index contributed by atoms with van der Waals surface area (Å²) in [6.07, 6.45) is 2.29. The third kappa shape index (κ3) is 6.23. The molecule has 32 heavy (non-hydrogen) atoms. The van der Waals surface area contributed by atoms with Gasteiger partial charge < -0.3 is 15.1 Å². The van der Waals surface area contributed by atoms with Crippen molar-refractivity contribution >= 4 is 11.9 Å². The van der Waals surface area contributed by atoms with Gasteiger partial charge in [0, 0.05) is 59.4 Å². The molecular weight excluding hydrogens is 400 g/mol. The summed E-state index contributed by atoms with van der Waals surface area (Å²) in [7, 11) is 1.86. The molecule has 0 aliphatic carbocycles. The van der Waals surface area contributed by atoms with Gasteiger partial charge in [0.25, 0.3) is 0 Å². The quantitative estimate of drug-likeness (QED) is 0.494. The number of nitrogens with zero attached hydrogens (tertiary/aromatic N) is 5. The predicted molar refractivity (Wildman–Crippen MR) is 132 cm³/mol. The van der Waals surface area contributed by atoms with Crippen molar-refractivity contribution in [1.82, 2.24) is 24.9 Å². The predicted octanol–water partition coefficient (Wildman–Crippen LogP) is 2.23. The number of hydrogen-bond donors (Lipinski definition) is 1. The second-order valence-electron chi connectivity index (χ2n) is 8.86. The number of rotatable bonds is 8. The van der Waals surface area contributed by atoms with E-state index in [2.05, 4.69) is 70.0 Å². The zero-order chi connectivity index (χ0) is 22.9. The lowest BCUT2D eigenvalue weighted by molar-refractivity contribution is -0.135. The number of piperazine rings is 1. The maximum absolute atomic E-state index is 12.8. The van der Waals surface area contributed by atoms with Crippen molar-refractivity contribution in [2.24, 2.45) is 4.99 Å². The number of guanidine groups is 1. The average molecular weight is 443 g/mol. The SMILES string of the molecule is CCN(CC)Cc1ccccc1CNC(=NC)N1CCN(C(C)C(=O)N2CCCC2)CC1. The standard InChI is InChI=1S/C25H42N6O/c1-5-28(6-2)20-23-12-8-7-11-22(23)19-27-25(26-4)31-17-15-29(16-18-31)21(3)24(32)30-13-9-10-14-30/h7-8,11-12,21H,5-6,9-10,13-20H2,1-4H3,(H,26,27). The Morgan fingerprint density at radius 2 is 1.62 bits per heavy atom. The molecule has 1 aromatic carbocycles. The van der Waals surface area contributed by atoms with Crippen molar-refractivity contribution in [2.75, 3.05) is 59.4 Å². The van der Waals surface area contributed by atoms with E-state index in [1.807, 2.05) is 11.9 Å². The number of carbonyl (C=O) groups is 1. The summed E-state index contributed by atoms with van der Waals surface area (Å²) in [4.78, 5) is 26.4. The van der Waals surface area contributed by atoms with Gasteiger partial charge >= 0.3 is 0 Å². The summed E-state index contributed by atoms with van der Waals surface area (Å²) < 4.78 is 0. The molecule has 0 aromatic heterocycles. The van der Waals surface area contributed by atoms with E-state index in [1.165, 1.54) is 11.1 Å². The van der Waals surface area contributed by atoms with Gasteiger partial charge in [-0.3, -0.25) is 19.6 Å². The van der Waals surface area contributed by atoms with Crippen molar-refractivity contribution in [3.8, 4) is 0 Å². The Morgan fingerprint density at radius 3 is 2.22 bits per heavy atom. The van der Waals surface area contributed by atoms with Gasteiger partial charge in [0.1, 0.15) is 0 Å². The molecule has 2 aliphatic rings. The van der Waals surface area contributed by atoms with E-state index < -0.39 is 0 Å². The van der Waals surface area contributed by atoms with E-state index in [0.717, 1.165) is 84.2 Å². The van der Waals surface area contributed by atoms with Crippen LogP contribution in [-0.4, -0.2) is 96.9 Å². The number of benzene rings is 1. The van der Waals surface area contributed by atoms with Crippen molar-refractivity contribution in [2.45, 2.75) is 52.7 Å². The van der Waals surface area contributed by atoms with E-state index in [-0.39, 0.29) is 6.04 Å². The van der Waals surface area contributed by atoms with Crippen LogP contribution >= 0.6 is 0 Å². The summed E-state index contributed by atoms with van der Waals surface area (Å²) in [6, 6.07) is 8.65. The average Bonchev–Trinajstić information content (AvgIpc) is 3.38. The number of nitrogens with one attached hydrogen (secondary N) is 1. The Kier molecular flexibility index (Phi) is 9.36. The van der Waals surface area contributed by atoms with Crippen LogP contribution in [0.2, 0.25) is 0 Å². The third-order valence-corrected chi connectivity index (χ3v) is 6.99. The van der Waals surface area contributed by atoms with E-state index in [4.69, 9.17) is 0 Å². The molecule has 2 fully saturated rings. The molecule has 2 heterocycles. The highest BCUT2D eigenvalue weighted by molar-refractivity contribution is 5.82. The Morgan fingerprint density at radius 1 is 1.00 bits per heavy atom. The van der Waals surface area contributed by atoms with Gasteiger partial charge in [0.05, 0.1) is 6.04 Å². The summed E-state index contributed by atoms with van der Waals surface area (Å²) in [6.45, 7) is 15.8. The molecule has 1 aromatic rings. The summed E-state index contributed by atoms with van der Waals surface area (Å²) in [5, 5.41) is 3.58. The minimum Gasteiger partial charge on any atom is -0.352 e. The lowest BCUT2D eigenvalue weighted by Gasteiger charge is -2.39. The Labute approximate surface area is 194 Å². The Hall–Kier alpha value is -2.12. The summed E-state index contributed by atoms with van der Waals surface area (Å²) in [5.41, 5.74) is 2.70. The summed E-state index contributed by atoms with van der Waals surface area (Å²) in [5.74, 6) is 1.24. The van der Waals surface area contributed by atoms with E-state index in [9.17, 15) is 4.79 Å². The Balaban J connectivity index is 1.52. The number of aliphatic imine (C=N–C) groups is 1. The molecule has 1 N–H and O–H groups in total. The van der Waals surface area contributed by atoms with Crippen LogP contribution in [-0.2, 0) is 17.9 Å². The highest BCUT2D eigenvalue weighted by atomic mass is 16.2. The van der Waals surface area contributed by atoms with Crippen LogP contribution in [0.4, 0.5) is 0 Å². The van der Waals surface area contributed by atoms with Gasteiger partial charge in [0.15, 0.2) is 5.96 Å². The largest absolute Gasteiger partial charge is 0.352 e. The van der Waals surface area contributed by atoms with Crippen LogP contribution in [0.25, 0.3) is 0 Å². The van der Waals surface area contributed by atoms with Crippen molar-refractivity contribution < 1.29 is 4.79 Å². The normalized spacial score (nSPS) is 19.0. The van der Waals surface area contributed by atoms with Crippen LogP contribution in [0.3, 0.4) is 0 Å². The fourth-order valence-corrected chi connectivity index (χ4v) is 4.76. The van der Waals surface area contributed by atoms with Gasteiger partial charge in [-0.25, -0.2) is 0 Å². The Bertz CT molecular complexity index is 749. The first-order chi connectivity index (χ1) is 15.6. The maximum Gasteiger partial charge on any atom is 0.239 e. The minimum absolute atomic E-state index is 0.0304. The molecule has 178 valence electrons. The topological polar surface area (TPSA) is 54.4 Å². The van der Waals surface area contributed by atoms with Crippen molar-refractivity contribution in [3.05, 3.63) is 35.4 Å². The van der Waals surface area contributed by atoms with Crippen LogP contribution in [0.15, 0.2) is 29.3 Å². The van der Waals surface area contributed by atoms with Gasteiger partial charge in [-0.15, -0.1) is 0 Å². The van der Waals surface area contributed by atoms with Gasteiger partial charge in [0.2, 0.25) is 5.91 Å². The smallest absolute Gasteiger partial charge is 0.239 e. The highest BCUT2D eigenvalue weighted by Gasteiger charge is 2.30. The lowest BCUT2D eigenvalue weighted by Crippen LogP contribution is -2.57. The molecule has 1 atom stereocenters. The first kappa shape index (κ1) is 24.5. The fourth-order valence-electron chi connectivity index (χ4n) is 4.76. The molecule has 7 heteroatoms. The van der Waals surface area contributed by atoms with Crippen molar-refractivity contribution in [3.63, 3.8) is 0 Å². The molecule has 1 amide bonds. The third-order valence-electron chi connectivity index (χ3n) is 6.99. The van der Waals surface area contributed by atoms with Crippen LogP contribution in [0, 0.1) is 0 Å². The molecule has 2 saturated heterocycles. The number of hydrogen-bond acceptors (Lipinski definition) is 4. The second kappa shape index (κ2) is 12.2. The molecule has 0 saturated carbocycles. The maximum atomic E-state index is 12.8. The molecule has 0 radical (unpaired) electrons. The number of carbonyl (C=O) groups excluding carboxylic acids is 1. The lowest BCUT2D eigenvalue weighted by atomic mass is 10.1. The van der Waals surface area contributed by atoms with Gasteiger partial charge in [-0.1, -0.05) is 38.1 Å². The van der Waals surface area contributed by atoms with Crippen LogP contribution in [0.5, 0.6) is 0 Å². The van der Waals surface area contributed by atoms with E-state index in [0.29, 0.717) is 5.91 Å². The van der Waals surface area contributed by atoms with Crippen LogP contribution < -0.4 is 5.32 Å². The van der Waals surface area contributed by atoms with E-state index in [1.54, 1.807) is 0 Å². The van der Waals surface area contributed by atoms with Crippen molar-refractivity contribution in [1.29, 1.82) is 0 Å². The zero-order valence-corrected chi connectivity index (χ0v) is 20.5. The molecule has 1 unspecified atom stereocenters.